The zero-order valence-corrected chi connectivity index (χ0v) is 19.2. The molecule has 0 radical (unpaired) electrons. The molecule has 0 bridgehead atoms. The number of carbonyl (C=O) groups excluding carboxylic acids is 1. The summed E-state index contributed by atoms with van der Waals surface area (Å²) in [5, 5.41) is 28.6. The van der Waals surface area contributed by atoms with Gasteiger partial charge in [-0.05, 0) is 81.5 Å². The van der Waals surface area contributed by atoms with E-state index in [1.807, 2.05) is 6.92 Å². The maximum atomic E-state index is 11.2. The van der Waals surface area contributed by atoms with Crippen molar-refractivity contribution in [3.05, 3.63) is 47.1 Å². The molecule has 3 saturated carbocycles. The molecule has 0 heterocycles. The number of hydroxylamine groups is 1. The summed E-state index contributed by atoms with van der Waals surface area (Å²) < 4.78 is 0. The fourth-order valence-electron chi connectivity index (χ4n) is 6.50. The van der Waals surface area contributed by atoms with Crippen LogP contribution in [-0.4, -0.2) is 33.5 Å². The molecule has 0 saturated heterocycles. The fraction of sp³-hybridized carbons (Fsp3) is 0.654. The Morgan fingerprint density at radius 3 is 2.55 bits per heavy atom. The van der Waals surface area contributed by atoms with Gasteiger partial charge in [0.05, 0.1) is 12.2 Å². The highest BCUT2D eigenvalue weighted by atomic mass is 16.5. The molecular formula is C26H39NO4. The maximum absolute atomic E-state index is 11.2. The lowest BCUT2D eigenvalue weighted by Crippen LogP contribution is -2.35. The van der Waals surface area contributed by atoms with Gasteiger partial charge in [0.25, 0.3) is 5.91 Å². The zero-order chi connectivity index (χ0) is 22.6. The number of fused-ring (bicyclic) bond motifs is 1. The van der Waals surface area contributed by atoms with Crippen molar-refractivity contribution >= 4 is 5.91 Å². The molecule has 6 atom stereocenters. The van der Waals surface area contributed by atoms with Crippen molar-refractivity contribution < 1.29 is 20.2 Å². The molecule has 3 rings (SSSR count). The van der Waals surface area contributed by atoms with E-state index in [-0.39, 0.29) is 5.41 Å². The van der Waals surface area contributed by atoms with Gasteiger partial charge in [0.15, 0.2) is 0 Å². The van der Waals surface area contributed by atoms with Crippen molar-refractivity contribution in [3.63, 3.8) is 0 Å². The highest BCUT2D eigenvalue weighted by Gasteiger charge is 2.50. The van der Waals surface area contributed by atoms with E-state index >= 15 is 0 Å². The van der Waals surface area contributed by atoms with Gasteiger partial charge in [0, 0.05) is 6.08 Å². The minimum absolute atomic E-state index is 0.274. The number of hydrogen-bond acceptors (Lipinski definition) is 4. The zero-order valence-electron chi connectivity index (χ0n) is 19.2. The van der Waals surface area contributed by atoms with Gasteiger partial charge in [0.1, 0.15) is 0 Å². The quantitative estimate of drug-likeness (QED) is 0.222. The van der Waals surface area contributed by atoms with Crippen LogP contribution >= 0.6 is 0 Å². The van der Waals surface area contributed by atoms with Crippen LogP contribution in [0, 0.1) is 23.2 Å². The molecule has 3 aliphatic rings. The molecule has 5 heteroatoms. The number of allylic oxidation sites excluding steroid dienone is 6. The van der Waals surface area contributed by atoms with Crippen LogP contribution in [0.4, 0.5) is 0 Å². The predicted octanol–water partition coefficient (Wildman–Crippen LogP) is 4.61. The normalized spacial score (nSPS) is 36.5. The van der Waals surface area contributed by atoms with Gasteiger partial charge in [-0.2, -0.15) is 0 Å². The summed E-state index contributed by atoms with van der Waals surface area (Å²) in [5.41, 5.74) is 5.63. The first-order valence-corrected chi connectivity index (χ1v) is 11.8. The third-order valence-electron chi connectivity index (χ3n) is 7.88. The molecule has 3 aliphatic carbocycles. The second-order valence-electron chi connectivity index (χ2n) is 10.2. The summed E-state index contributed by atoms with van der Waals surface area (Å²) >= 11 is 0. The first-order chi connectivity index (χ1) is 14.7. The number of aliphatic hydroxyl groups excluding tert-OH is 2. The highest BCUT2D eigenvalue weighted by Crippen LogP contribution is 2.59. The van der Waals surface area contributed by atoms with Gasteiger partial charge in [-0.15, -0.1) is 0 Å². The third kappa shape index (κ3) is 5.76. The van der Waals surface area contributed by atoms with Gasteiger partial charge in [-0.3, -0.25) is 10.0 Å². The van der Waals surface area contributed by atoms with Gasteiger partial charge < -0.3 is 10.2 Å². The second-order valence-corrected chi connectivity index (χ2v) is 10.2. The van der Waals surface area contributed by atoms with Crippen LogP contribution in [0.1, 0.15) is 72.1 Å². The van der Waals surface area contributed by atoms with Crippen molar-refractivity contribution in [2.24, 2.45) is 23.2 Å². The number of nitrogens with one attached hydrogen (secondary N) is 1. The summed E-state index contributed by atoms with van der Waals surface area (Å²) in [6, 6.07) is 0. The predicted molar refractivity (Wildman–Crippen MR) is 122 cm³/mol. The van der Waals surface area contributed by atoms with Crippen LogP contribution in [0.3, 0.4) is 0 Å². The maximum Gasteiger partial charge on any atom is 0.267 e. The SMILES string of the molecule is CC(C=CC(=O)NO)=C[C@@H](C)[C@H]1CC[C@H]2C(=CC=C3C[C@@H](O)C[C@H](O)C3)CCC[C@]12C. The van der Waals surface area contributed by atoms with E-state index < -0.39 is 18.1 Å². The van der Waals surface area contributed by atoms with Crippen molar-refractivity contribution in [2.45, 2.75) is 84.3 Å². The molecule has 0 unspecified atom stereocenters. The Bertz CT molecular complexity index is 768. The van der Waals surface area contributed by atoms with Gasteiger partial charge >= 0.3 is 0 Å². The van der Waals surface area contributed by atoms with E-state index in [2.05, 4.69) is 32.1 Å². The number of hydrogen-bond donors (Lipinski definition) is 4. The molecule has 0 aromatic heterocycles. The van der Waals surface area contributed by atoms with Crippen LogP contribution in [0.5, 0.6) is 0 Å². The van der Waals surface area contributed by atoms with Crippen molar-refractivity contribution in [2.75, 3.05) is 0 Å². The molecule has 0 aromatic rings. The first kappa shape index (κ1) is 24.0. The standard InChI is InChI=1S/C26H39NO4/c1-17(6-11-25(30)27-31)13-18(2)23-9-10-24-20(5-4-12-26(23,24)3)8-7-19-14-21(28)16-22(29)15-19/h6-8,11,13,18,21-24,28-29,31H,4-5,9-10,12,14-16H2,1-3H3,(H,27,30)/t18-,21-,22-,23-,24+,26-/m1/s1. The Hall–Kier alpha value is -1.69. The monoisotopic (exact) mass is 429 g/mol. The minimum Gasteiger partial charge on any atom is -0.393 e. The average molecular weight is 430 g/mol. The first-order valence-electron chi connectivity index (χ1n) is 11.8. The Balaban J connectivity index is 1.73. The van der Waals surface area contributed by atoms with E-state index in [1.165, 1.54) is 37.3 Å². The lowest BCUT2D eigenvalue weighted by molar-refractivity contribution is -0.124. The molecule has 172 valence electrons. The molecule has 31 heavy (non-hydrogen) atoms. The largest absolute Gasteiger partial charge is 0.393 e. The second kappa shape index (κ2) is 10.3. The van der Waals surface area contributed by atoms with Crippen LogP contribution in [-0.2, 0) is 4.79 Å². The summed E-state index contributed by atoms with van der Waals surface area (Å²) in [6.45, 7) is 6.74. The van der Waals surface area contributed by atoms with E-state index in [4.69, 9.17) is 5.21 Å². The Morgan fingerprint density at radius 2 is 1.87 bits per heavy atom. The summed E-state index contributed by atoms with van der Waals surface area (Å²) in [6.07, 6.45) is 16.8. The van der Waals surface area contributed by atoms with Crippen molar-refractivity contribution in [3.8, 4) is 0 Å². The Morgan fingerprint density at radius 1 is 1.16 bits per heavy atom. The number of amides is 1. The summed E-state index contributed by atoms with van der Waals surface area (Å²) in [5.74, 6) is 1.09. The topological polar surface area (TPSA) is 89.8 Å². The molecule has 0 aliphatic heterocycles. The summed E-state index contributed by atoms with van der Waals surface area (Å²) in [4.78, 5) is 11.2. The van der Waals surface area contributed by atoms with Crippen LogP contribution < -0.4 is 5.48 Å². The third-order valence-corrected chi connectivity index (χ3v) is 7.88. The van der Waals surface area contributed by atoms with Crippen LogP contribution in [0.15, 0.2) is 47.1 Å². The lowest BCUT2D eigenvalue weighted by Gasteiger charge is -2.44. The van der Waals surface area contributed by atoms with E-state index in [0.29, 0.717) is 37.0 Å². The van der Waals surface area contributed by atoms with Crippen molar-refractivity contribution in [1.29, 1.82) is 0 Å². The van der Waals surface area contributed by atoms with E-state index in [9.17, 15) is 15.0 Å². The average Bonchev–Trinajstić information content (AvgIpc) is 3.07. The van der Waals surface area contributed by atoms with E-state index in [0.717, 1.165) is 17.6 Å². The van der Waals surface area contributed by atoms with Crippen LogP contribution in [0.25, 0.3) is 0 Å². The minimum atomic E-state index is -0.512. The number of aliphatic hydroxyl groups is 2. The molecule has 4 N–H and O–H groups in total. The molecule has 1 amide bonds. The highest BCUT2D eigenvalue weighted by molar-refractivity contribution is 5.86. The van der Waals surface area contributed by atoms with E-state index in [1.54, 1.807) is 11.6 Å². The smallest absolute Gasteiger partial charge is 0.267 e. The van der Waals surface area contributed by atoms with Crippen LogP contribution in [0.2, 0.25) is 0 Å². The van der Waals surface area contributed by atoms with Gasteiger partial charge in [-0.1, -0.05) is 54.9 Å². The molecule has 0 aromatic carbocycles. The van der Waals surface area contributed by atoms with Crippen molar-refractivity contribution in [1.82, 2.24) is 5.48 Å². The Labute approximate surface area is 186 Å². The number of rotatable bonds is 5. The molecule has 0 spiro atoms. The van der Waals surface area contributed by atoms with Gasteiger partial charge in [-0.25, -0.2) is 5.48 Å². The molecule has 5 nitrogen and oxygen atoms in total. The fourth-order valence-corrected chi connectivity index (χ4v) is 6.50. The lowest BCUT2D eigenvalue weighted by atomic mass is 9.61. The Kier molecular flexibility index (Phi) is 7.95. The molecular weight excluding hydrogens is 390 g/mol. The molecule has 3 fully saturated rings. The summed E-state index contributed by atoms with van der Waals surface area (Å²) in [7, 11) is 0. The number of carbonyl (C=O) groups is 1. The van der Waals surface area contributed by atoms with Gasteiger partial charge in [0.2, 0.25) is 0 Å².